The van der Waals surface area contributed by atoms with Crippen LogP contribution in [0.4, 0.5) is 4.39 Å². The summed E-state index contributed by atoms with van der Waals surface area (Å²) in [5, 5.41) is 8.72. The molecule has 0 aliphatic heterocycles. The highest BCUT2D eigenvalue weighted by Gasteiger charge is 2.23. The van der Waals surface area contributed by atoms with E-state index in [0.717, 1.165) is 0 Å². The number of rotatable bonds is 5. The Balaban J connectivity index is 2.93. The van der Waals surface area contributed by atoms with E-state index >= 15 is 0 Å². The fraction of sp³-hybridized carbons (Fsp3) is 0.364. The summed E-state index contributed by atoms with van der Waals surface area (Å²) < 4.78 is 17.9. The summed E-state index contributed by atoms with van der Waals surface area (Å²) in [6.07, 6.45) is 0.768. The molecule has 1 unspecified atom stereocenters. The van der Waals surface area contributed by atoms with Crippen LogP contribution < -0.4 is 0 Å². The number of nitrogens with zero attached hydrogens (tertiary/aromatic N) is 1. The molecule has 1 N–H and O–H groups in total. The number of carboxylic acids is 1. The zero-order valence-corrected chi connectivity index (χ0v) is 9.22. The molecular weight excluding hydrogens is 229 g/mol. The molecule has 1 aromatic rings. The molecule has 0 saturated carbocycles. The van der Waals surface area contributed by atoms with Crippen LogP contribution in [-0.2, 0) is 14.3 Å². The van der Waals surface area contributed by atoms with E-state index in [4.69, 9.17) is 5.11 Å². The number of aliphatic carboxylic acids is 1. The molecule has 0 aromatic carbocycles. The topological polar surface area (TPSA) is 76.5 Å². The summed E-state index contributed by atoms with van der Waals surface area (Å²) in [5.41, 5.74) is -0.0275. The van der Waals surface area contributed by atoms with Crippen molar-refractivity contribution in [1.82, 2.24) is 4.98 Å². The summed E-state index contributed by atoms with van der Waals surface area (Å²) in [6, 6.07) is 2.57. The van der Waals surface area contributed by atoms with Gasteiger partial charge in [-0.25, -0.2) is 4.39 Å². The van der Waals surface area contributed by atoms with Gasteiger partial charge < -0.3 is 9.84 Å². The lowest BCUT2D eigenvalue weighted by atomic mass is 9.96. The highest BCUT2D eigenvalue weighted by Crippen LogP contribution is 2.24. The van der Waals surface area contributed by atoms with Crippen LogP contribution >= 0.6 is 0 Å². The zero-order chi connectivity index (χ0) is 12.8. The smallest absolute Gasteiger partial charge is 0.306 e. The van der Waals surface area contributed by atoms with Gasteiger partial charge in [0.1, 0.15) is 5.82 Å². The minimum atomic E-state index is -1.12. The summed E-state index contributed by atoms with van der Waals surface area (Å²) >= 11 is 0. The highest BCUT2D eigenvalue weighted by molar-refractivity contribution is 5.73. The number of carboxylic acid groups (broad SMARTS) is 1. The van der Waals surface area contributed by atoms with Crippen LogP contribution in [0.2, 0.25) is 0 Å². The molecule has 0 bridgehead atoms. The second kappa shape index (κ2) is 5.93. The molecule has 0 amide bonds. The maximum absolute atomic E-state index is 13.4. The third-order valence-corrected chi connectivity index (χ3v) is 2.24. The third kappa shape index (κ3) is 3.82. The first-order valence-electron chi connectivity index (χ1n) is 4.93. The molecule has 0 aliphatic carbocycles. The molecule has 6 heteroatoms. The fourth-order valence-electron chi connectivity index (χ4n) is 1.46. The van der Waals surface area contributed by atoms with E-state index in [-0.39, 0.29) is 18.5 Å². The van der Waals surface area contributed by atoms with Crippen molar-refractivity contribution < 1.29 is 23.8 Å². The van der Waals surface area contributed by atoms with Crippen molar-refractivity contribution in [3.63, 3.8) is 0 Å². The number of carbonyl (C=O) groups is 2. The van der Waals surface area contributed by atoms with Gasteiger partial charge in [-0.3, -0.25) is 14.6 Å². The van der Waals surface area contributed by atoms with E-state index in [1.54, 1.807) is 0 Å². The van der Waals surface area contributed by atoms with Crippen LogP contribution in [0.1, 0.15) is 24.5 Å². The number of aromatic nitrogens is 1. The van der Waals surface area contributed by atoms with E-state index in [1.807, 2.05) is 0 Å². The lowest BCUT2D eigenvalue weighted by Crippen LogP contribution is -2.15. The van der Waals surface area contributed by atoms with Gasteiger partial charge in [-0.15, -0.1) is 0 Å². The highest BCUT2D eigenvalue weighted by atomic mass is 19.1. The van der Waals surface area contributed by atoms with Crippen LogP contribution in [0.5, 0.6) is 0 Å². The Labute approximate surface area is 97.2 Å². The monoisotopic (exact) mass is 241 g/mol. The van der Waals surface area contributed by atoms with Gasteiger partial charge in [0.15, 0.2) is 0 Å². The van der Waals surface area contributed by atoms with Crippen molar-refractivity contribution >= 4 is 11.9 Å². The maximum atomic E-state index is 13.4. The number of esters is 1. The number of hydrogen-bond acceptors (Lipinski definition) is 4. The van der Waals surface area contributed by atoms with Gasteiger partial charge in [-0.2, -0.15) is 0 Å². The molecule has 1 atom stereocenters. The van der Waals surface area contributed by atoms with Gasteiger partial charge in [0.25, 0.3) is 0 Å². The molecule has 1 rings (SSSR count). The predicted molar refractivity (Wildman–Crippen MR) is 55.8 cm³/mol. The molecule has 1 aromatic heterocycles. The Morgan fingerprint density at radius 3 is 2.76 bits per heavy atom. The van der Waals surface area contributed by atoms with Crippen LogP contribution in [0.3, 0.4) is 0 Å². The molecule has 17 heavy (non-hydrogen) atoms. The number of pyridine rings is 1. The zero-order valence-electron chi connectivity index (χ0n) is 9.22. The van der Waals surface area contributed by atoms with Gasteiger partial charge in [0.2, 0.25) is 0 Å². The van der Waals surface area contributed by atoms with Gasteiger partial charge in [-0.1, -0.05) is 0 Å². The Hall–Kier alpha value is -1.98. The lowest BCUT2D eigenvalue weighted by molar-refractivity contribution is -0.142. The first-order chi connectivity index (χ1) is 8.04. The molecule has 0 spiro atoms. The normalized spacial score (nSPS) is 11.9. The standard InChI is InChI=1S/C11H12FNO4/c1-17-10(16)6-7(5-9(14)15)11-8(12)3-2-4-13-11/h2-4,7H,5-6H2,1H3,(H,14,15). The predicted octanol–water partition coefficient (Wildman–Crippen LogP) is 1.34. The second-order valence-electron chi connectivity index (χ2n) is 3.45. The Morgan fingerprint density at radius 1 is 1.53 bits per heavy atom. The van der Waals surface area contributed by atoms with Gasteiger partial charge >= 0.3 is 11.9 Å². The van der Waals surface area contributed by atoms with Crippen molar-refractivity contribution in [1.29, 1.82) is 0 Å². The van der Waals surface area contributed by atoms with E-state index in [1.165, 1.54) is 25.4 Å². The third-order valence-electron chi connectivity index (χ3n) is 2.24. The first-order valence-corrected chi connectivity index (χ1v) is 4.93. The van der Waals surface area contributed by atoms with E-state index in [9.17, 15) is 14.0 Å². The van der Waals surface area contributed by atoms with Crippen molar-refractivity contribution in [3.05, 3.63) is 29.8 Å². The molecule has 0 radical (unpaired) electrons. The minimum Gasteiger partial charge on any atom is -0.481 e. The summed E-state index contributed by atoms with van der Waals surface area (Å²) in [6.45, 7) is 0. The minimum absolute atomic E-state index is 0.0275. The largest absolute Gasteiger partial charge is 0.481 e. The van der Waals surface area contributed by atoms with E-state index < -0.39 is 23.7 Å². The molecule has 0 fully saturated rings. The molecular formula is C11H12FNO4. The number of ether oxygens (including phenoxy) is 1. The summed E-state index contributed by atoms with van der Waals surface area (Å²) in [7, 11) is 1.19. The quantitative estimate of drug-likeness (QED) is 0.787. The number of halogens is 1. The molecule has 5 nitrogen and oxygen atoms in total. The van der Waals surface area contributed by atoms with Gasteiger partial charge in [0.05, 0.1) is 25.6 Å². The average Bonchev–Trinajstić information content (AvgIpc) is 2.28. The number of hydrogen-bond donors (Lipinski definition) is 1. The summed E-state index contributed by atoms with van der Waals surface area (Å²) in [4.78, 5) is 25.6. The maximum Gasteiger partial charge on any atom is 0.306 e. The SMILES string of the molecule is COC(=O)CC(CC(=O)O)c1ncccc1F. The van der Waals surface area contributed by atoms with Gasteiger partial charge in [0, 0.05) is 12.1 Å². The van der Waals surface area contributed by atoms with Crippen LogP contribution in [0, 0.1) is 5.82 Å². The van der Waals surface area contributed by atoms with E-state index in [2.05, 4.69) is 9.72 Å². The van der Waals surface area contributed by atoms with Crippen LogP contribution in [0.15, 0.2) is 18.3 Å². The first kappa shape index (κ1) is 13.1. The second-order valence-corrected chi connectivity index (χ2v) is 3.45. The lowest BCUT2D eigenvalue weighted by Gasteiger charge is -2.13. The summed E-state index contributed by atoms with van der Waals surface area (Å²) in [5.74, 6) is -3.16. The average molecular weight is 241 g/mol. The number of carbonyl (C=O) groups excluding carboxylic acids is 1. The van der Waals surface area contributed by atoms with Crippen LogP contribution in [0.25, 0.3) is 0 Å². The van der Waals surface area contributed by atoms with Crippen molar-refractivity contribution in [2.75, 3.05) is 7.11 Å². The van der Waals surface area contributed by atoms with Gasteiger partial charge in [-0.05, 0) is 12.1 Å². The van der Waals surface area contributed by atoms with Crippen molar-refractivity contribution in [2.45, 2.75) is 18.8 Å². The Morgan fingerprint density at radius 2 is 2.24 bits per heavy atom. The molecule has 92 valence electrons. The Bertz CT molecular complexity index is 422. The van der Waals surface area contributed by atoms with Crippen molar-refractivity contribution in [2.24, 2.45) is 0 Å². The van der Waals surface area contributed by atoms with Crippen LogP contribution in [-0.4, -0.2) is 29.1 Å². The van der Waals surface area contributed by atoms with Crippen molar-refractivity contribution in [3.8, 4) is 0 Å². The molecule has 0 saturated heterocycles. The molecule has 0 aliphatic rings. The van der Waals surface area contributed by atoms with E-state index in [0.29, 0.717) is 0 Å². The number of methoxy groups -OCH3 is 1. The fourth-order valence-corrected chi connectivity index (χ4v) is 1.46. The molecule has 1 heterocycles. The Kier molecular flexibility index (Phi) is 4.56.